The minimum Gasteiger partial charge on any atom is -0.475 e. The molecule has 0 unspecified atom stereocenters. The number of aromatic nitrogens is 5. The number of carbonyl (C=O) groups excluding carboxylic acids is 1. The number of rotatable bonds is 9. The number of carboxylic acid groups (broad SMARTS) is 1. The highest BCUT2D eigenvalue weighted by atomic mass is 19.4. The average molecular weight is 546 g/mol. The van der Waals surface area contributed by atoms with Gasteiger partial charge in [-0.2, -0.15) is 18.3 Å². The molecule has 3 aromatic heterocycles. The molecule has 1 aromatic carbocycles. The van der Waals surface area contributed by atoms with Crippen LogP contribution >= 0.6 is 0 Å². The van der Waals surface area contributed by atoms with Crippen molar-refractivity contribution in [3.05, 3.63) is 66.4 Å². The number of carboxylic acids is 1. The molecule has 39 heavy (non-hydrogen) atoms. The Labute approximate surface area is 223 Å². The lowest BCUT2D eigenvalue weighted by Gasteiger charge is -2.17. The Bertz CT molecular complexity index is 1390. The molecule has 1 amide bonds. The molecule has 208 valence electrons. The molecule has 3 heterocycles. The average Bonchev–Trinajstić information content (AvgIpc) is 3.54. The zero-order chi connectivity index (χ0) is 28.6. The summed E-state index contributed by atoms with van der Waals surface area (Å²) >= 11 is 0. The van der Waals surface area contributed by atoms with E-state index in [1.165, 1.54) is 5.56 Å². The normalized spacial score (nSPS) is 11.4. The predicted octanol–water partition coefficient (Wildman–Crippen LogP) is 3.99. The number of amides is 1. The minimum atomic E-state index is -5.08. The van der Waals surface area contributed by atoms with E-state index in [1.807, 2.05) is 45.6 Å². The molecule has 0 saturated heterocycles. The van der Waals surface area contributed by atoms with Crippen LogP contribution in [-0.2, 0) is 4.79 Å². The Kier molecular flexibility index (Phi) is 9.77. The number of alkyl halides is 3. The molecule has 0 aliphatic heterocycles. The van der Waals surface area contributed by atoms with Gasteiger partial charge in [0.05, 0.1) is 23.6 Å². The number of hydrogen-bond acceptors (Lipinski definition) is 6. The van der Waals surface area contributed by atoms with Crippen LogP contribution in [0, 0.1) is 6.92 Å². The number of aryl methyl sites for hydroxylation is 1. The maximum Gasteiger partial charge on any atom is 0.490 e. The topological polar surface area (TPSA) is 118 Å². The molecular formula is C26H30F3N7O3. The quantitative estimate of drug-likeness (QED) is 0.306. The van der Waals surface area contributed by atoms with Crippen molar-refractivity contribution in [3.63, 3.8) is 0 Å². The van der Waals surface area contributed by atoms with E-state index >= 15 is 0 Å². The Morgan fingerprint density at radius 1 is 1.08 bits per heavy atom. The predicted molar refractivity (Wildman–Crippen MR) is 139 cm³/mol. The maximum atomic E-state index is 13.0. The fourth-order valence-corrected chi connectivity index (χ4v) is 3.78. The van der Waals surface area contributed by atoms with Gasteiger partial charge in [-0.25, -0.2) is 14.5 Å². The molecule has 0 atom stereocenters. The molecule has 0 radical (unpaired) electrons. The van der Waals surface area contributed by atoms with E-state index in [9.17, 15) is 18.0 Å². The van der Waals surface area contributed by atoms with Crippen molar-refractivity contribution < 1.29 is 27.9 Å². The van der Waals surface area contributed by atoms with E-state index < -0.39 is 12.1 Å². The lowest BCUT2D eigenvalue weighted by molar-refractivity contribution is -0.192. The number of fused-ring (bicyclic) bond motifs is 1. The van der Waals surface area contributed by atoms with Gasteiger partial charge < -0.3 is 15.3 Å². The van der Waals surface area contributed by atoms with Crippen molar-refractivity contribution in [2.45, 2.75) is 33.4 Å². The van der Waals surface area contributed by atoms with Gasteiger partial charge in [-0.15, -0.1) is 0 Å². The summed E-state index contributed by atoms with van der Waals surface area (Å²) in [5.41, 5.74) is 3.95. The van der Waals surface area contributed by atoms with E-state index in [2.05, 4.69) is 41.1 Å². The second-order valence-corrected chi connectivity index (χ2v) is 8.52. The number of imidazole rings is 1. The second-order valence-electron chi connectivity index (χ2n) is 8.52. The fourth-order valence-electron chi connectivity index (χ4n) is 3.78. The van der Waals surface area contributed by atoms with Crippen molar-refractivity contribution in [3.8, 4) is 17.2 Å². The summed E-state index contributed by atoms with van der Waals surface area (Å²) in [6.45, 7) is 9.94. The first kappa shape index (κ1) is 29.3. The van der Waals surface area contributed by atoms with E-state index in [4.69, 9.17) is 14.9 Å². The van der Waals surface area contributed by atoms with Gasteiger partial charge in [0.15, 0.2) is 11.5 Å². The minimum absolute atomic E-state index is 0.192. The summed E-state index contributed by atoms with van der Waals surface area (Å²) in [7, 11) is 0. The molecule has 4 rings (SSSR count). The number of halogens is 3. The second kappa shape index (κ2) is 13.0. The van der Waals surface area contributed by atoms with Crippen LogP contribution in [0.2, 0.25) is 0 Å². The Morgan fingerprint density at radius 3 is 2.36 bits per heavy atom. The Hall–Kier alpha value is -4.26. The standard InChI is InChI=1S/C24H29N7O.C2HF3O2/c1-4-29(5-2)15-6-12-26-24(32)22-21-17-25-14-16-30(21)23(28-22)20-11-13-27-31(20)19-9-7-18(3)8-10-19;3-2(4,5)1(6)7/h7-11,13-14,16-17H,4-6,12,15H2,1-3H3,(H,26,32);(H,6,7). The first-order chi connectivity index (χ1) is 18.6. The fraction of sp³-hybridized carbons (Fsp3) is 0.346. The lowest BCUT2D eigenvalue weighted by atomic mass is 10.2. The Morgan fingerprint density at radius 2 is 1.74 bits per heavy atom. The highest BCUT2D eigenvalue weighted by molar-refractivity contribution is 5.99. The molecule has 10 nitrogen and oxygen atoms in total. The van der Waals surface area contributed by atoms with Crippen molar-refractivity contribution in [2.75, 3.05) is 26.2 Å². The summed E-state index contributed by atoms with van der Waals surface area (Å²) in [5, 5.41) is 14.6. The number of nitrogens with one attached hydrogen (secondary N) is 1. The molecule has 13 heteroatoms. The van der Waals surface area contributed by atoms with Gasteiger partial charge in [0, 0.05) is 18.9 Å². The van der Waals surface area contributed by atoms with Crippen LogP contribution < -0.4 is 5.32 Å². The molecule has 2 N–H and O–H groups in total. The first-order valence-corrected chi connectivity index (χ1v) is 12.3. The van der Waals surface area contributed by atoms with Crippen molar-refractivity contribution in [1.29, 1.82) is 0 Å². The van der Waals surface area contributed by atoms with E-state index in [0.717, 1.165) is 37.4 Å². The van der Waals surface area contributed by atoms with Crippen molar-refractivity contribution >= 4 is 17.4 Å². The smallest absolute Gasteiger partial charge is 0.475 e. The van der Waals surface area contributed by atoms with Gasteiger partial charge in [0.2, 0.25) is 0 Å². The SMILES string of the molecule is CCN(CC)CCCNC(=O)c1nc(-c2ccnn2-c2ccc(C)cc2)n2ccncc12.O=C(O)C(F)(F)F. The number of carbonyl (C=O) groups is 2. The van der Waals surface area contributed by atoms with Gasteiger partial charge in [-0.1, -0.05) is 31.5 Å². The first-order valence-electron chi connectivity index (χ1n) is 12.3. The van der Waals surface area contributed by atoms with Crippen LogP contribution in [0.1, 0.15) is 36.3 Å². The zero-order valence-electron chi connectivity index (χ0n) is 21.8. The molecule has 0 saturated carbocycles. The zero-order valence-corrected chi connectivity index (χ0v) is 21.8. The van der Waals surface area contributed by atoms with Crippen LogP contribution in [0.25, 0.3) is 22.7 Å². The van der Waals surface area contributed by atoms with Crippen LogP contribution in [0.5, 0.6) is 0 Å². The van der Waals surface area contributed by atoms with Crippen LogP contribution in [0.15, 0.2) is 55.1 Å². The largest absolute Gasteiger partial charge is 0.490 e. The van der Waals surface area contributed by atoms with Crippen LogP contribution in [0.4, 0.5) is 13.2 Å². The van der Waals surface area contributed by atoms with E-state index in [0.29, 0.717) is 23.6 Å². The number of hydrogen-bond donors (Lipinski definition) is 2. The van der Waals surface area contributed by atoms with Crippen molar-refractivity contribution in [1.82, 2.24) is 34.4 Å². The Balaban J connectivity index is 0.000000532. The van der Waals surface area contributed by atoms with E-state index in [1.54, 1.807) is 18.6 Å². The number of benzene rings is 1. The number of nitrogens with zero attached hydrogens (tertiary/aromatic N) is 6. The van der Waals surface area contributed by atoms with E-state index in [-0.39, 0.29) is 5.91 Å². The van der Waals surface area contributed by atoms with Gasteiger partial charge in [-0.3, -0.25) is 14.2 Å². The molecule has 0 fully saturated rings. The summed E-state index contributed by atoms with van der Waals surface area (Å²) in [4.78, 5) is 33.1. The van der Waals surface area contributed by atoms with Crippen LogP contribution in [0.3, 0.4) is 0 Å². The lowest BCUT2D eigenvalue weighted by Crippen LogP contribution is -2.30. The highest BCUT2D eigenvalue weighted by Crippen LogP contribution is 2.25. The van der Waals surface area contributed by atoms with Gasteiger partial charge >= 0.3 is 12.1 Å². The molecule has 0 spiro atoms. The number of aliphatic carboxylic acids is 1. The third-order valence-electron chi connectivity index (χ3n) is 5.89. The molecule has 4 aromatic rings. The molecule has 0 bridgehead atoms. The third-order valence-corrected chi connectivity index (χ3v) is 5.89. The maximum absolute atomic E-state index is 13.0. The van der Waals surface area contributed by atoms with Crippen molar-refractivity contribution in [2.24, 2.45) is 0 Å². The summed E-state index contributed by atoms with van der Waals surface area (Å²) < 4.78 is 35.5. The monoisotopic (exact) mass is 545 g/mol. The molecule has 0 aliphatic rings. The summed E-state index contributed by atoms with van der Waals surface area (Å²) in [5.74, 6) is -2.30. The molecule has 0 aliphatic carbocycles. The summed E-state index contributed by atoms with van der Waals surface area (Å²) in [6, 6.07) is 10.0. The van der Waals surface area contributed by atoms with Gasteiger partial charge in [-0.05, 0) is 51.2 Å². The van der Waals surface area contributed by atoms with Gasteiger partial charge in [0.25, 0.3) is 5.91 Å². The highest BCUT2D eigenvalue weighted by Gasteiger charge is 2.38. The van der Waals surface area contributed by atoms with Gasteiger partial charge in [0.1, 0.15) is 5.69 Å². The third kappa shape index (κ3) is 7.41. The van der Waals surface area contributed by atoms with Crippen LogP contribution in [-0.4, -0.2) is 78.4 Å². The molecular weight excluding hydrogens is 515 g/mol. The summed E-state index contributed by atoms with van der Waals surface area (Å²) in [6.07, 6.45) is 2.74.